The van der Waals surface area contributed by atoms with E-state index in [1.807, 2.05) is 0 Å². The molecule has 0 aliphatic rings. The lowest BCUT2D eigenvalue weighted by atomic mass is 10.0. The van der Waals surface area contributed by atoms with Crippen molar-refractivity contribution in [3.05, 3.63) is 0 Å². The molecule has 2 N–H and O–H groups in total. The second-order valence-corrected chi connectivity index (χ2v) is 13.2. The van der Waals surface area contributed by atoms with Crippen molar-refractivity contribution >= 4 is 5.91 Å². The third-order valence-corrected chi connectivity index (χ3v) is 8.96. The second-order valence-electron chi connectivity index (χ2n) is 13.2. The molecule has 1 amide bonds. The molecule has 42 heavy (non-hydrogen) atoms. The summed E-state index contributed by atoms with van der Waals surface area (Å²) >= 11 is 0. The molecule has 0 bridgehead atoms. The highest BCUT2D eigenvalue weighted by atomic mass is 16.3. The van der Waals surface area contributed by atoms with E-state index in [2.05, 4.69) is 24.1 Å². The highest BCUT2D eigenvalue weighted by molar-refractivity contribution is 5.77. The van der Waals surface area contributed by atoms with Crippen LogP contribution in [0.4, 0.5) is 0 Å². The molecule has 0 atom stereocenters. The van der Waals surface area contributed by atoms with Gasteiger partial charge in [0.25, 0.3) is 0 Å². The SMILES string of the molecule is CCCCCCCCCCCCCCCCCCN(CCO)CC(=O)NCCCCCCCCCCCCCCCC. The fourth-order valence-electron chi connectivity index (χ4n) is 6.10. The van der Waals surface area contributed by atoms with Crippen molar-refractivity contribution in [2.45, 2.75) is 206 Å². The lowest BCUT2D eigenvalue weighted by Gasteiger charge is -2.20. The van der Waals surface area contributed by atoms with E-state index >= 15 is 0 Å². The Bertz CT molecular complexity index is 513. The van der Waals surface area contributed by atoms with E-state index in [1.165, 1.54) is 180 Å². The molecular formula is C38H78N2O2. The molecule has 0 saturated carbocycles. The van der Waals surface area contributed by atoms with E-state index in [4.69, 9.17) is 0 Å². The Hall–Kier alpha value is -0.610. The van der Waals surface area contributed by atoms with Gasteiger partial charge in [-0.25, -0.2) is 0 Å². The maximum absolute atomic E-state index is 12.4. The molecular weight excluding hydrogens is 516 g/mol. The van der Waals surface area contributed by atoms with E-state index in [9.17, 15) is 9.90 Å². The van der Waals surface area contributed by atoms with E-state index in [1.54, 1.807) is 0 Å². The molecule has 0 spiro atoms. The number of aliphatic hydroxyl groups excluding tert-OH is 1. The van der Waals surface area contributed by atoms with Gasteiger partial charge in [0, 0.05) is 13.1 Å². The number of nitrogens with one attached hydrogen (secondary N) is 1. The van der Waals surface area contributed by atoms with Gasteiger partial charge in [-0.15, -0.1) is 0 Å². The van der Waals surface area contributed by atoms with Crippen LogP contribution in [0, 0.1) is 0 Å². The standard InChI is InChI=1S/C38H78N2O2/c1-3-5-7-9-11-13-15-17-19-20-22-24-26-28-30-32-34-40(35-36-41)37-38(42)39-33-31-29-27-25-23-21-18-16-14-12-10-8-6-4-2/h41H,3-37H2,1-2H3,(H,39,42). The average molecular weight is 595 g/mol. The monoisotopic (exact) mass is 595 g/mol. The van der Waals surface area contributed by atoms with Gasteiger partial charge in [-0.1, -0.05) is 194 Å². The lowest BCUT2D eigenvalue weighted by Crippen LogP contribution is -2.39. The van der Waals surface area contributed by atoms with Crippen LogP contribution in [0.1, 0.15) is 206 Å². The fourth-order valence-corrected chi connectivity index (χ4v) is 6.10. The van der Waals surface area contributed by atoms with Crippen molar-refractivity contribution in [2.75, 3.05) is 32.8 Å². The number of amides is 1. The second kappa shape index (κ2) is 36.6. The third-order valence-electron chi connectivity index (χ3n) is 8.96. The van der Waals surface area contributed by atoms with E-state index in [0.29, 0.717) is 13.1 Å². The minimum Gasteiger partial charge on any atom is -0.395 e. The van der Waals surface area contributed by atoms with Crippen LogP contribution in [0.3, 0.4) is 0 Å². The Morgan fingerprint density at radius 2 is 0.762 bits per heavy atom. The molecule has 4 heteroatoms. The van der Waals surface area contributed by atoms with Crippen LogP contribution in [0.5, 0.6) is 0 Å². The molecule has 0 radical (unpaired) electrons. The van der Waals surface area contributed by atoms with Gasteiger partial charge in [0.2, 0.25) is 5.91 Å². The van der Waals surface area contributed by atoms with Gasteiger partial charge in [-0.2, -0.15) is 0 Å². The molecule has 0 heterocycles. The van der Waals surface area contributed by atoms with Crippen LogP contribution >= 0.6 is 0 Å². The van der Waals surface area contributed by atoms with Gasteiger partial charge < -0.3 is 10.4 Å². The molecule has 4 nitrogen and oxygen atoms in total. The molecule has 0 aliphatic carbocycles. The maximum Gasteiger partial charge on any atom is 0.234 e. The highest BCUT2D eigenvalue weighted by Gasteiger charge is 2.09. The van der Waals surface area contributed by atoms with Crippen LogP contribution in [0.25, 0.3) is 0 Å². The Balaban J connectivity index is 3.48. The molecule has 0 aromatic carbocycles. The van der Waals surface area contributed by atoms with Crippen molar-refractivity contribution < 1.29 is 9.90 Å². The number of hydrogen-bond acceptors (Lipinski definition) is 3. The Labute approximate surface area is 265 Å². The van der Waals surface area contributed by atoms with Gasteiger partial charge >= 0.3 is 0 Å². The minimum absolute atomic E-state index is 0.120. The first kappa shape index (κ1) is 41.4. The number of aliphatic hydroxyl groups is 1. The Kier molecular flexibility index (Phi) is 36.0. The zero-order valence-electron chi connectivity index (χ0n) is 29.1. The zero-order valence-corrected chi connectivity index (χ0v) is 29.1. The van der Waals surface area contributed by atoms with Gasteiger partial charge in [-0.05, 0) is 19.4 Å². The first-order chi connectivity index (χ1) is 20.7. The summed E-state index contributed by atoms with van der Waals surface area (Å²) in [6.45, 7) is 7.45. The van der Waals surface area contributed by atoms with Crippen molar-refractivity contribution in [3.63, 3.8) is 0 Å². The molecule has 0 unspecified atom stereocenters. The van der Waals surface area contributed by atoms with Gasteiger partial charge in [-0.3, -0.25) is 9.69 Å². The summed E-state index contributed by atoms with van der Waals surface area (Å²) in [7, 11) is 0. The number of nitrogens with zero attached hydrogens (tertiary/aromatic N) is 1. The number of unbranched alkanes of at least 4 members (excludes halogenated alkanes) is 28. The summed E-state index contributed by atoms with van der Waals surface area (Å²) in [5.74, 6) is 0.120. The highest BCUT2D eigenvalue weighted by Crippen LogP contribution is 2.15. The number of rotatable bonds is 36. The summed E-state index contributed by atoms with van der Waals surface area (Å²) in [6, 6.07) is 0. The summed E-state index contributed by atoms with van der Waals surface area (Å²) in [4.78, 5) is 14.5. The van der Waals surface area contributed by atoms with E-state index in [0.717, 1.165) is 25.9 Å². The van der Waals surface area contributed by atoms with Gasteiger partial charge in [0.1, 0.15) is 0 Å². The van der Waals surface area contributed by atoms with Crippen molar-refractivity contribution in [1.29, 1.82) is 0 Å². The van der Waals surface area contributed by atoms with Crippen LogP contribution < -0.4 is 5.32 Å². The molecule has 0 saturated heterocycles. The predicted octanol–water partition coefficient (Wildman–Crippen LogP) is 11.1. The number of carbonyl (C=O) groups is 1. The summed E-state index contributed by atoms with van der Waals surface area (Å²) in [5.41, 5.74) is 0. The van der Waals surface area contributed by atoms with Crippen molar-refractivity contribution in [1.82, 2.24) is 10.2 Å². The summed E-state index contributed by atoms with van der Waals surface area (Å²) in [5, 5.41) is 12.5. The average Bonchev–Trinajstić information content (AvgIpc) is 2.99. The van der Waals surface area contributed by atoms with Crippen LogP contribution in [-0.2, 0) is 4.79 Å². The van der Waals surface area contributed by atoms with Crippen LogP contribution in [0.2, 0.25) is 0 Å². The predicted molar refractivity (Wildman–Crippen MR) is 186 cm³/mol. The van der Waals surface area contributed by atoms with Crippen LogP contribution in [0.15, 0.2) is 0 Å². The van der Waals surface area contributed by atoms with E-state index < -0.39 is 0 Å². The molecule has 0 aromatic rings. The number of carbonyl (C=O) groups excluding carboxylic acids is 1. The van der Waals surface area contributed by atoms with E-state index in [-0.39, 0.29) is 12.5 Å². The largest absolute Gasteiger partial charge is 0.395 e. The minimum atomic E-state index is 0.120. The zero-order chi connectivity index (χ0) is 30.6. The molecule has 0 aliphatic heterocycles. The molecule has 252 valence electrons. The first-order valence-electron chi connectivity index (χ1n) is 19.3. The summed E-state index contributed by atoms with van der Waals surface area (Å²) in [6.07, 6.45) is 41.0. The molecule has 0 fully saturated rings. The third kappa shape index (κ3) is 33.9. The topological polar surface area (TPSA) is 52.6 Å². The summed E-state index contributed by atoms with van der Waals surface area (Å²) < 4.78 is 0. The molecule has 0 rings (SSSR count). The quantitative estimate of drug-likeness (QED) is 0.0709. The smallest absolute Gasteiger partial charge is 0.234 e. The lowest BCUT2D eigenvalue weighted by molar-refractivity contribution is -0.122. The molecule has 0 aromatic heterocycles. The van der Waals surface area contributed by atoms with Gasteiger partial charge in [0.15, 0.2) is 0 Å². The van der Waals surface area contributed by atoms with Crippen molar-refractivity contribution in [2.24, 2.45) is 0 Å². The van der Waals surface area contributed by atoms with Gasteiger partial charge in [0.05, 0.1) is 13.2 Å². The Morgan fingerprint density at radius 3 is 1.10 bits per heavy atom. The number of hydrogen-bond donors (Lipinski definition) is 2. The Morgan fingerprint density at radius 1 is 0.452 bits per heavy atom. The first-order valence-corrected chi connectivity index (χ1v) is 19.3. The van der Waals surface area contributed by atoms with Crippen LogP contribution in [-0.4, -0.2) is 48.7 Å². The maximum atomic E-state index is 12.4. The van der Waals surface area contributed by atoms with Crippen molar-refractivity contribution in [3.8, 4) is 0 Å². The fraction of sp³-hybridized carbons (Fsp3) is 0.974. The normalized spacial score (nSPS) is 11.5.